The Kier molecular flexibility index (Phi) is 6.11. The molecule has 8 nitrogen and oxygen atoms in total. The first kappa shape index (κ1) is 22.5. The number of phenols is 1. The zero-order valence-corrected chi connectivity index (χ0v) is 18.8. The minimum Gasteiger partial charge on any atom is -0.508 e. The van der Waals surface area contributed by atoms with Gasteiger partial charge in [-0.15, -0.1) is 0 Å². The fourth-order valence-electron chi connectivity index (χ4n) is 4.01. The molecule has 0 bridgehead atoms. The molecule has 1 spiro atoms. The smallest absolute Gasteiger partial charge is 0.254 e. The highest BCUT2D eigenvalue weighted by molar-refractivity contribution is 6.30. The number of carbonyl (C=O) groups excluding carboxylic acids is 1. The van der Waals surface area contributed by atoms with Crippen LogP contribution in [0.1, 0.15) is 26.7 Å². The maximum Gasteiger partial charge on any atom is 0.254 e. The first-order valence-electron chi connectivity index (χ1n) is 10.5. The number of nitrogens with zero attached hydrogens (tertiary/aromatic N) is 1. The number of ether oxygens (including phenoxy) is 3. The summed E-state index contributed by atoms with van der Waals surface area (Å²) < 4.78 is 17.9. The Balaban J connectivity index is 1.32. The predicted molar refractivity (Wildman–Crippen MR) is 120 cm³/mol. The van der Waals surface area contributed by atoms with Crippen LogP contribution < -0.4 is 19.5 Å². The van der Waals surface area contributed by atoms with Crippen molar-refractivity contribution in [1.29, 1.82) is 0 Å². The number of piperidine rings is 1. The highest BCUT2D eigenvalue weighted by atomic mass is 35.5. The van der Waals surface area contributed by atoms with Crippen molar-refractivity contribution in [1.82, 2.24) is 4.90 Å². The lowest BCUT2D eigenvalue weighted by Gasteiger charge is -2.39. The SMILES string of the molecule is CC(=O)Nc1ccc(O)cc1OC[C@](C)(O)CN1CCC2(CC1)Oc1ccc(Cl)cc1O2. The van der Waals surface area contributed by atoms with Gasteiger partial charge in [-0.05, 0) is 31.2 Å². The number of phenolic OH excluding ortho intramolecular Hbond substituents is 1. The molecule has 172 valence electrons. The highest BCUT2D eigenvalue weighted by Crippen LogP contribution is 2.44. The van der Waals surface area contributed by atoms with E-state index in [0.717, 1.165) is 0 Å². The van der Waals surface area contributed by atoms with Gasteiger partial charge in [-0.25, -0.2) is 0 Å². The lowest BCUT2D eigenvalue weighted by Crippen LogP contribution is -2.53. The molecule has 32 heavy (non-hydrogen) atoms. The molecule has 3 N–H and O–H groups in total. The van der Waals surface area contributed by atoms with Crippen molar-refractivity contribution in [3.05, 3.63) is 41.4 Å². The molecule has 1 atom stereocenters. The third-order valence-electron chi connectivity index (χ3n) is 5.49. The summed E-state index contributed by atoms with van der Waals surface area (Å²) >= 11 is 6.05. The molecule has 0 unspecified atom stereocenters. The van der Waals surface area contributed by atoms with E-state index in [-0.39, 0.29) is 18.3 Å². The standard InChI is InChI=1S/C23H27ClN2O6/c1-15(27)25-18-5-4-17(28)12-20(18)30-14-22(2,29)13-26-9-7-23(8-10-26)31-19-6-3-16(24)11-21(19)32-23/h3-6,11-12,28-29H,7-10,13-14H2,1-2H3,(H,25,27)/t22-/m1/s1. The summed E-state index contributed by atoms with van der Waals surface area (Å²) in [6.07, 6.45) is 1.30. The molecule has 0 aliphatic carbocycles. The molecule has 2 aliphatic rings. The molecular weight excluding hydrogens is 436 g/mol. The monoisotopic (exact) mass is 462 g/mol. The van der Waals surface area contributed by atoms with Gasteiger partial charge < -0.3 is 29.7 Å². The number of β-amino-alcohol motifs (C(OH)–C–C–N with tert-alkyl or cyclic N) is 1. The average molecular weight is 463 g/mol. The fraction of sp³-hybridized carbons (Fsp3) is 0.435. The van der Waals surface area contributed by atoms with E-state index in [9.17, 15) is 15.0 Å². The van der Waals surface area contributed by atoms with Gasteiger partial charge in [-0.3, -0.25) is 9.69 Å². The van der Waals surface area contributed by atoms with Gasteiger partial charge >= 0.3 is 0 Å². The number of benzene rings is 2. The molecule has 4 rings (SSSR count). The van der Waals surface area contributed by atoms with Gasteiger partial charge in [0.25, 0.3) is 5.79 Å². The molecule has 2 aromatic carbocycles. The maximum atomic E-state index is 11.4. The van der Waals surface area contributed by atoms with Crippen LogP contribution in [0.3, 0.4) is 0 Å². The summed E-state index contributed by atoms with van der Waals surface area (Å²) in [5.41, 5.74) is -0.724. The number of nitrogens with one attached hydrogen (secondary N) is 1. The number of fused-ring (bicyclic) bond motifs is 1. The Labute approximate surface area is 191 Å². The molecule has 9 heteroatoms. The molecule has 0 aromatic heterocycles. The lowest BCUT2D eigenvalue weighted by molar-refractivity contribution is -0.127. The van der Waals surface area contributed by atoms with Crippen LogP contribution in [-0.4, -0.2) is 58.6 Å². The van der Waals surface area contributed by atoms with Crippen LogP contribution in [0.15, 0.2) is 36.4 Å². The summed E-state index contributed by atoms with van der Waals surface area (Å²) in [6.45, 7) is 4.82. The minimum atomic E-state index is -1.16. The van der Waals surface area contributed by atoms with Crippen molar-refractivity contribution >= 4 is 23.2 Å². The third kappa shape index (κ3) is 5.20. The van der Waals surface area contributed by atoms with E-state index in [1.54, 1.807) is 25.1 Å². The van der Waals surface area contributed by atoms with Gasteiger partial charge in [0.15, 0.2) is 11.5 Å². The summed E-state index contributed by atoms with van der Waals surface area (Å²) in [6, 6.07) is 9.77. The Bertz CT molecular complexity index is 1000. The average Bonchev–Trinajstić information content (AvgIpc) is 3.06. The first-order chi connectivity index (χ1) is 15.1. The van der Waals surface area contributed by atoms with Crippen LogP contribution in [-0.2, 0) is 4.79 Å². The second-order valence-electron chi connectivity index (χ2n) is 8.63. The molecular formula is C23H27ClN2O6. The topological polar surface area (TPSA) is 100 Å². The minimum absolute atomic E-state index is 0.00826. The molecule has 1 saturated heterocycles. The zero-order chi connectivity index (χ0) is 22.9. The van der Waals surface area contributed by atoms with E-state index in [2.05, 4.69) is 10.2 Å². The molecule has 1 amide bonds. The van der Waals surface area contributed by atoms with Gasteiger partial charge in [-0.2, -0.15) is 0 Å². The molecule has 0 radical (unpaired) electrons. The third-order valence-corrected chi connectivity index (χ3v) is 5.73. The van der Waals surface area contributed by atoms with E-state index in [1.807, 2.05) is 6.07 Å². The van der Waals surface area contributed by atoms with Crippen molar-refractivity contribution in [2.45, 2.75) is 38.1 Å². The number of likely N-dealkylation sites (tertiary alicyclic amines) is 1. The number of hydrogen-bond donors (Lipinski definition) is 3. The maximum absolute atomic E-state index is 11.4. The van der Waals surface area contributed by atoms with Gasteiger partial charge in [0.2, 0.25) is 5.91 Å². The zero-order valence-electron chi connectivity index (χ0n) is 18.1. The number of hydrogen-bond acceptors (Lipinski definition) is 7. The van der Waals surface area contributed by atoms with Gasteiger partial charge in [-0.1, -0.05) is 11.6 Å². The van der Waals surface area contributed by atoms with Crippen LogP contribution in [0.2, 0.25) is 5.02 Å². The van der Waals surface area contributed by atoms with Crippen LogP contribution in [0.25, 0.3) is 0 Å². The summed E-state index contributed by atoms with van der Waals surface area (Å²) in [7, 11) is 0. The second-order valence-corrected chi connectivity index (χ2v) is 9.07. The van der Waals surface area contributed by atoms with Gasteiger partial charge in [0.1, 0.15) is 23.7 Å². The van der Waals surface area contributed by atoms with Crippen molar-refractivity contribution in [3.63, 3.8) is 0 Å². The largest absolute Gasteiger partial charge is 0.508 e. The van der Waals surface area contributed by atoms with Crippen molar-refractivity contribution in [3.8, 4) is 23.0 Å². The molecule has 2 heterocycles. The van der Waals surface area contributed by atoms with Crippen molar-refractivity contribution in [2.75, 3.05) is 31.6 Å². The number of anilines is 1. The predicted octanol–water partition coefficient (Wildman–Crippen LogP) is 3.40. The normalized spacial score (nSPS) is 18.9. The summed E-state index contributed by atoms with van der Waals surface area (Å²) in [5.74, 6) is 0.712. The van der Waals surface area contributed by atoms with E-state index < -0.39 is 11.4 Å². The highest BCUT2D eigenvalue weighted by Gasteiger charge is 2.45. The lowest BCUT2D eigenvalue weighted by atomic mass is 10.0. The molecule has 1 fully saturated rings. The van der Waals surface area contributed by atoms with Crippen LogP contribution >= 0.6 is 11.6 Å². The van der Waals surface area contributed by atoms with Crippen LogP contribution in [0.5, 0.6) is 23.0 Å². The van der Waals surface area contributed by atoms with Crippen LogP contribution in [0, 0.1) is 0 Å². The fourth-order valence-corrected chi connectivity index (χ4v) is 4.17. The first-order valence-corrected chi connectivity index (χ1v) is 10.9. The number of amides is 1. The Morgan fingerprint density at radius 1 is 1.22 bits per heavy atom. The van der Waals surface area contributed by atoms with E-state index in [0.29, 0.717) is 60.4 Å². The summed E-state index contributed by atoms with van der Waals surface area (Å²) in [5, 5.41) is 23.9. The van der Waals surface area contributed by atoms with Gasteiger partial charge in [0, 0.05) is 56.6 Å². The Morgan fingerprint density at radius 3 is 2.66 bits per heavy atom. The molecule has 0 saturated carbocycles. The quantitative estimate of drug-likeness (QED) is 0.565. The number of halogens is 1. The van der Waals surface area contributed by atoms with Crippen molar-refractivity contribution in [2.24, 2.45) is 0 Å². The molecule has 2 aliphatic heterocycles. The number of aromatic hydroxyl groups is 1. The number of rotatable bonds is 6. The van der Waals surface area contributed by atoms with Gasteiger partial charge in [0.05, 0.1) is 5.69 Å². The second kappa shape index (κ2) is 8.69. The van der Waals surface area contributed by atoms with Crippen molar-refractivity contribution < 1.29 is 29.2 Å². The molecule has 2 aromatic rings. The Hall–Kier alpha value is -2.68. The van der Waals surface area contributed by atoms with E-state index in [4.69, 9.17) is 25.8 Å². The number of aliphatic hydroxyl groups is 1. The van der Waals surface area contributed by atoms with E-state index >= 15 is 0 Å². The Morgan fingerprint density at radius 2 is 1.94 bits per heavy atom. The van der Waals surface area contributed by atoms with Crippen LogP contribution in [0.4, 0.5) is 5.69 Å². The number of carbonyl (C=O) groups is 1. The van der Waals surface area contributed by atoms with E-state index in [1.165, 1.54) is 19.1 Å². The summed E-state index contributed by atoms with van der Waals surface area (Å²) in [4.78, 5) is 13.5.